The summed E-state index contributed by atoms with van der Waals surface area (Å²) in [6, 6.07) is 24.5. The molecule has 0 aliphatic heterocycles. The van der Waals surface area contributed by atoms with Crippen LogP contribution >= 0.6 is 11.8 Å². The number of hydrogen-bond donors (Lipinski definition) is 2. The van der Waals surface area contributed by atoms with Crippen LogP contribution < -0.4 is 10.6 Å². The lowest BCUT2D eigenvalue weighted by Crippen LogP contribution is -2.25. The summed E-state index contributed by atoms with van der Waals surface area (Å²) in [6.07, 6.45) is 0. The predicted molar refractivity (Wildman–Crippen MR) is 124 cm³/mol. The number of imidazole rings is 1. The molecule has 2 N–H and O–H groups in total. The Morgan fingerprint density at radius 1 is 0.935 bits per heavy atom. The van der Waals surface area contributed by atoms with E-state index in [-0.39, 0.29) is 17.6 Å². The summed E-state index contributed by atoms with van der Waals surface area (Å²) in [4.78, 5) is 29.8. The summed E-state index contributed by atoms with van der Waals surface area (Å²) in [6.45, 7) is 0.421. The quantitative estimate of drug-likeness (QED) is 0.430. The average Bonchev–Trinajstić information content (AvgIpc) is 3.13. The maximum atomic E-state index is 12.7. The molecule has 2 amide bonds. The number of hydrogen-bond acceptors (Lipinski definition) is 4. The number of anilines is 1. The predicted octanol–water partition coefficient (Wildman–Crippen LogP) is 4.23. The van der Waals surface area contributed by atoms with Crippen molar-refractivity contribution in [1.29, 1.82) is 0 Å². The van der Waals surface area contributed by atoms with Crippen molar-refractivity contribution in [2.24, 2.45) is 7.05 Å². The Labute approximate surface area is 184 Å². The van der Waals surface area contributed by atoms with Gasteiger partial charge in [0.15, 0.2) is 5.16 Å². The first-order valence-electron chi connectivity index (χ1n) is 9.87. The third-order valence-electron chi connectivity index (χ3n) is 4.82. The molecule has 1 aromatic heterocycles. The van der Waals surface area contributed by atoms with Crippen LogP contribution in [0.15, 0.2) is 84.0 Å². The van der Waals surface area contributed by atoms with E-state index in [2.05, 4.69) is 15.6 Å². The topological polar surface area (TPSA) is 76.0 Å². The van der Waals surface area contributed by atoms with Crippen LogP contribution in [0.4, 0.5) is 5.69 Å². The van der Waals surface area contributed by atoms with Crippen molar-refractivity contribution in [2.75, 3.05) is 11.1 Å². The second kappa shape index (κ2) is 9.49. The van der Waals surface area contributed by atoms with Crippen LogP contribution in [0, 0.1) is 0 Å². The maximum absolute atomic E-state index is 12.7. The molecule has 1 heterocycles. The third-order valence-corrected chi connectivity index (χ3v) is 5.85. The fraction of sp³-hybridized carbons (Fsp3) is 0.125. The Hall–Kier alpha value is -3.58. The number of thioether (sulfide) groups is 1. The lowest BCUT2D eigenvalue weighted by molar-refractivity contribution is -0.113. The average molecular weight is 431 g/mol. The van der Waals surface area contributed by atoms with E-state index in [0.29, 0.717) is 17.8 Å². The van der Waals surface area contributed by atoms with Crippen molar-refractivity contribution in [2.45, 2.75) is 11.7 Å². The number of nitrogens with zero attached hydrogens (tertiary/aromatic N) is 2. The highest BCUT2D eigenvalue weighted by molar-refractivity contribution is 7.99. The molecule has 0 fully saturated rings. The van der Waals surface area contributed by atoms with E-state index in [4.69, 9.17) is 0 Å². The van der Waals surface area contributed by atoms with Gasteiger partial charge in [-0.2, -0.15) is 0 Å². The van der Waals surface area contributed by atoms with E-state index in [1.807, 2.05) is 66.2 Å². The molecule has 0 aliphatic carbocycles. The molecule has 0 bridgehead atoms. The van der Waals surface area contributed by atoms with Gasteiger partial charge in [0.2, 0.25) is 5.91 Å². The Bertz CT molecular complexity index is 1220. The first kappa shape index (κ1) is 20.7. The van der Waals surface area contributed by atoms with E-state index in [0.717, 1.165) is 21.8 Å². The number of amides is 2. The number of nitrogens with one attached hydrogen (secondary N) is 2. The molecule has 3 aromatic carbocycles. The summed E-state index contributed by atoms with van der Waals surface area (Å²) < 4.78 is 1.97. The van der Waals surface area contributed by atoms with Gasteiger partial charge in [0, 0.05) is 13.6 Å². The molecule has 0 radical (unpaired) electrons. The van der Waals surface area contributed by atoms with Gasteiger partial charge in [0.1, 0.15) is 0 Å². The summed E-state index contributed by atoms with van der Waals surface area (Å²) in [5, 5.41) is 6.52. The van der Waals surface area contributed by atoms with Gasteiger partial charge in [-0.25, -0.2) is 4.98 Å². The highest BCUT2D eigenvalue weighted by Crippen LogP contribution is 2.23. The van der Waals surface area contributed by atoms with Crippen LogP contribution in [0.3, 0.4) is 0 Å². The fourth-order valence-corrected chi connectivity index (χ4v) is 4.02. The van der Waals surface area contributed by atoms with E-state index in [9.17, 15) is 9.59 Å². The highest BCUT2D eigenvalue weighted by atomic mass is 32.2. The molecule has 0 aliphatic rings. The van der Waals surface area contributed by atoms with Crippen molar-refractivity contribution in [3.8, 4) is 0 Å². The highest BCUT2D eigenvalue weighted by Gasteiger charge is 2.14. The summed E-state index contributed by atoms with van der Waals surface area (Å²) >= 11 is 1.36. The van der Waals surface area contributed by atoms with Crippen molar-refractivity contribution in [3.63, 3.8) is 0 Å². The zero-order valence-electron chi connectivity index (χ0n) is 17.0. The lowest BCUT2D eigenvalue weighted by atomic mass is 10.1. The van der Waals surface area contributed by atoms with Gasteiger partial charge in [-0.05, 0) is 29.8 Å². The van der Waals surface area contributed by atoms with Crippen LogP contribution in [-0.4, -0.2) is 27.1 Å². The number of para-hydroxylation sites is 3. The Morgan fingerprint density at radius 2 is 1.65 bits per heavy atom. The zero-order chi connectivity index (χ0) is 21.6. The molecule has 0 unspecified atom stereocenters. The molecule has 0 spiro atoms. The van der Waals surface area contributed by atoms with Crippen LogP contribution in [0.25, 0.3) is 11.0 Å². The maximum Gasteiger partial charge on any atom is 0.253 e. The number of aryl methyl sites for hydroxylation is 1. The fourth-order valence-electron chi connectivity index (χ4n) is 3.23. The number of rotatable bonds is 7. The van der Waals surface area contributed by atoms with Crippen molar-refractivity contribution >= 4 is 40.3 Å². The first-order valence-corrected chi connectivity index (χ1v) is 10.9. The summed E-state index contributed by atoms with van der Waals surface area (Å²) in [5.74, 6) is -0.236. The molecular weight excluding hydrogens is 408 g/mol. The van der Waals surface area contributed by atoms with Crippen LogP contribution in [0.5, 0.6) is 0 Å². The molecule has 6 nitrogen and oxygen atoms in total. The number of carbonyl (C=O) groups excluding carboxylic acids is 2. The molecule has 156 valence electrons. The molecule has 7 heteroatoms. The lowest BCUT2D eigenvalue weighted by Gasteiger charge is -2.11. The molecule has 31 heavy (non-hydrogen) atoms. The Balaban J connectivity index is 1.39. The molecule has 0 saturated heterocycles. The Morgan fingerprint density at radius 3 is 2.45 bits per heavy atom. The zero-order valence-corrected chi connectivity index (χ0v) is 17.9. The smallest absolute Gasteiger partial charge is 0.253 e. The van der Waals surface area contributed by atoms with Crippen LogP contribution in [0.1, 0.15) is 15.9 Å². The van der Waals surface area contributed by atoms with Crippen LogP contribution in [-0.2, 0) is 18.4 Å². The van der Waals surface area contributed by atoms with Gasteiger partial charge >= 0.3 is 0 Å². The molecule has 0 saturated carbocycles. The van der Waals surface area contributed by atoms with Gasteiger partial charge in [-0.15, -0.1) is 0 Å². The van der Waals surface area contributed by atoms with Crippen molar-refractivity contribution in [3.05, 3.63) is 90.0 Å². The number of fused-ring (bicyclic) bond motifs is 1. The minimum absolute atomic E-state index is 0.192. The summed E-state index contributed by atoms with van der Waals surface area (Å²) in [7, 11) is 1.93. The minimum Gasteiger partial charge on any atom is -0.348 e. The van der Waals surface area contributed by atoms with Gasteiger partial charge in [0.05, 0.1) is 28.0 Å². The van der Waals surface area contributed by atoms with E-state index in [1.54, 1.807) is 24.3 Å². The van der Waals surface area contributed by atoms with Gasteiger partial charge in [-0.1, -0.05) is 66.4 Å². The minimum atomic E-state index is -0.234. The van der Waals surface area contributed by atoms with E-state index in [1.165, 1.54) is 11.8 Å². The number of benzene rings is 3. The van der Waals surface area contributed by atoms with Crippen molar-refractivity contribution < 1.29 is 9.59 Å². The van der Waals surface area contributed by atoms with Crippen molar-refractivity contribution in [1.82, 2.24) is 14.9 Å². The largest absolute Gasteiger partial charge is 0.348 e. The SMILES string of the molecule is Cn1c(SCC(=O)Nc2ccccc2C(=O)NCc2ccccc2)nc2ccccc21. The Kier molecular flexibility index (Phi) is 6.33. The first-order chi connectivity index (χ1) is 15.1. The molecule has 4 rings (SSSR count). The standard InChI is InChI=1S/C24H22N4O2S/c1-28-21-14-8-7-13-20(21)27-24(28)31-16-22(29)26-19-12-6-5-11-18(19)23(30)25-15-17-9-3-2-4-10-17/h2-14H,15-16H2,1H3,(H,25,30)(H,26,29). The van der Waals surface area contributed by atoms with Gasteiger partial charge in [0.25, 0.3) is 5.91 Å². The van der Waals surface area contributed by atoms with E-state index < -0.39 is 0 Å². The number of carbonyl (C=O) groups is 2. The summed E-state index contributed by atoms with van der Waals surface area (Å²) in [5.41, 5.74) is 3.85. The van der Waals surface area contributed by atoms with E-state index >= 15 is 0 Å². The van der Waals surface area contributed by atoms with Crippen LogP contribution in [0.2, 0.25) is 0 Å². The van der Waals surface area contributed by atoms with Gasteiger partial charge in [-0.3, -0.25) is 9.59 Å². The second-order valence-corrected chi connectivity index (χ2v) is 7.94. The normalized spacial score (nSPS) is 10.7. The van der Waals surface area contributed by atoms with Gasteiger partial charge < -0.3 is 15.2 Å². The molecular formula is C24H22N4O2S. The third kappa shape index (κ3) is 4.95. The monoisotopic (exact) mass is 430 g/mol. The second-order valence-electron chi connectivity index (χ2n) is 6.99. The number of aromatic nitrogens is 2. The molecule has 4 aromatic rings. The molecule has 0 atom stereocenters.